The molecule has 0 aromatic heterocycles. The van der Waals surface area contributed by atoms with Gasteiger partial charge in [0.2, 0.25) is 0 Å². The van der Waals surface area contributed by atoms with Crippen LogP contribution < -0.4 is 0 Å². The molecule has 0 aliphatic heterocycles. The molecule has 0 bridgehead atoms. The zero-order valence-electron chi connectivity index (χ0n) is 13.1. The van der Waals surface area contributed by atoms with Crippen LogP contribution >= 0.6 is 46.4 Å². The van der Waals surface area contributed by atoms with Crippen LogP contribution in [0.1, 0.15) is 18.1 Å². The van der Waals surface area contributed by atoms with E-state index in [0.717, 1.165) is 0 Å². The van der Waals surface area contributed by atoms with Crippen LogP contribution in [0.4, 0.5) is 0 Å². The molecule has 0 amide bonds. The fourth-order valence-corrected chi connectivity index (χ4v) is 2.53. The zero-order chi connectivity index (χ0) is 18.8. The summed E-state index contributed by atoms with van der Waals surface area (Å²) in [6.45, 7) is 2.01. The van der Waals surface area contributed by atoms with Gasteiger partial charge in [-0.3, -0.25) is 0 Å². The summed E-state index contributed by atoms with van der Waals surface area (Å²) in [5.74, 6) is 6.69. The third-order valence-corrected chi connectivity index (χ3v) is 3.89. The Hall–Kier alpha value is -1.81. The Morgan fingerprint density at radius 2 is 1.40 bits per heavy atom. The maximum atomic E-state index is 11.0. The van der Waals surface area contributed by atoms with Crippen LogP contribution in [0, 0.1) is 24.2 Å². The smallest absolute Gasteiger partial charge is 0.384 e. The van der Waals surface area contributed by atoms with Crippen LogP contribution in [0.5, 0.6) is 0 Å². The number of carbonyl (C=O) groups is 1. The molecule has 0 fully saturated rings. The van der Waals surface area contributed by atoms with Gasteiger partial charge >= 0.3 is 5.97 Å². The Labute approximate surface area is 167 Å². The van der Waals surface area contributed by atoms with Crippen molar-refractivity contribution in [3.05, 3.63) is 67.6 Å². The SMILES string of the molecule is C#Cc1c(Cl)cccc1Cl.CCOC(=O)C#Cc1c(Cl)cccc1Cl. The van der Waals surface area contributed by atoms with Crippen molar-refractivity contribution in [2.24, 2.45) is 0 Å². The van der Waals surface area contributed by atoms with Crippen molar-refractivity contribution in [1.29, 1.82) is 0 Å². The molecule has 0 unspecified atom stereocenters. The van der Waals surface area contributed by atoms with Gasteiger partial charge in [-0.15, -0.1) is 6.42 Å². The summed E-state index contributed by atoms with van der Waals surface area (Å²) < 4.78 is 4.64. The number of benzene rings is 2. The van der Waals surface area contributed by atoms with Gasteiger partial charge in [0.15, 0.2) is 0 Å². The number of carbonyl (C=O) groups excluding carboxylic acids is 1. The standard InChI is InChI=1S/C11H8Cl2O2.C8H4Cl2/c1-2-15-11(14)7-6-8-9(12)4-3-5-10(8)13;1-2-6-7(9)4-3-5-8(6)10/h3-5H,2H2,1H3;1,3-5H. The van der Waals surface area contributed by atoms with E-state index in [1.54, 1.807) is 43.3 Å². The second-order valence-corrected chi connectivity index (χ2v) is 5.94. The Kier molecular flexibility index (Phi) is 9.28. The molecule has 2 rings (SSSR count). The molecule has 2 aromatic carbocycles. The van der Waals surface area contributed by atoms with E-state index >= 15 is 0 Å². The van der Waals surface area contributed by atoms with Gasteiger partial charge < -0.3 is 4.74 Å². The van der Waals surface area contributed by atoms with Gasteiger partial charge in [-0.2, -0.15) is 0 Å². The Bertz CT molecular complexity index is 817. The summed E-state index contributed by atoms with van der Waals surface area (Å²) in [5.41, 5.74) is 1.000. The highest BCUT2D eigenvalue weighted by molar-refractivity contribution is 6.37. The zero-order valence-corrected chi connectivity index (χ0v) is 16.1. The molecule has 6 heteroatoms. The van der Waals surface area contributed by atoms with Crippen molar-refractivity contribution in [2.45, 2.75) is 6.92 Å². The number of rotatable bonds is 1. The first-order valence-corrected chi connectivity index (χ1v) is 8.45. The largest absolute Gasteiger partial charge is 0.456 e. The molecule has 2 nitrogen and oxygen atoms in total. The molecule has 2 aromatic rings. The minimum Gasteiger partial charge on any atom is -0.456 e. The van der Waals surface area contributed by atoms with E-state index in [0.29, 0.717) is 37.8 Å². The average Bonchev–Trinajstić information content (AvgIpc) is 2.55. The van der Waals surface area contributed by atoms with Crippen molar-refractivity contribution < 1.29 is 9.53 Å². The highest BCUT2D eigenvalue weighted by Gasteiger charge is 2.02. The molecule has 0 radical (unpaired) electrons. The third kappa shape index (κ3) is 6.91. The number of terminal acetylenes is 1. The molecule has 0 heterocycles. The molecule has 0 atom stereocenters. The minimum absolute atomic E-state index is 0.295. The van der Waals surface area contributed by atoms with E-state index in [1.165, 1.54) is 0 Å². The Morgan fingerprint density at radius 3 is 1.76 bits per heavy atom. The van der Waals surface area contributed by atoms with E-state index in [2.05, 4.69) is 22.5 Å². The maximum absolute atomic E-state index is 11.0. The predicted molar refractivity (Wildman–Crippen MR) is 104 cm³/mol. The lowest BCUT2D eigenvalue weighted by Crippen LogP contribution is -1.99. The molecule has 0 saturated heterocycles. The fraction of sp³-hybridized carbons (Fsp3) is 0.105. The first-order chi connectivity index (χ1) is 11.9. The minimum atomic E-state index is -0.589. The summed E-state index contributed by atoms with van der Waals surface area (Å²) in [6, 6.07) is 10.2. The summed E-state index contributed by atoms with van der Waals surface area (Å²) >= 11 is 23.1. The molecular formula is C19H12Cl4O2. The molecular weight excluding hydrogens is 402 g/mol. The van der Waals surface area contributed by atoms with E-state index in [-0.39, 0.29) is 0 Å². The lowest BCUT2D eigenvalue weighted by atomic mass is 10.2. The highest BCUT2D eigenvalue weighted by atomic mass is 35.5. The topological polar surface area (TPSA) is 26.3 Å². The van der Waals surface area contributed by atoms with Gasteiger partial charge in [0, 0.05) is 5.92 Å². The Balaban J connectivity index is 0.000000271. The van der Waals surface area contributed by atoms with Gasteiger partial charge in [0.25, 0.3) is 0 Å². The second-order valence-electron chi connectivity index (χ2n) is 4.31. The second kappa shape index (κ2) is 10.9. The van der Waals surface area contributed by atoms with Crippen molar-refractivity contribution in [3.63, 3.8) is 0 Å². The average molecular weight is 414 g/mol. The van der Waals surface area contributed by atoms with Crippen LogP contribution in [0.2, 0.25) is 20.1 Å². The monoisotopic (exact) mass is 412 g/mol. The van der Waals surface area contributed by atoms with Gasteiger partial charge in [0.1, 0.15) is 0 Å². The number of hydrogen-bond acceptors (Lipinski definition) is 2. The van der Waals surface area contributed by atoms with Crippen molar-refractivity contribution in [2.75, 3.05) is 6.61 Å². The lowest BCUT2D eigenvalue weighted by molar-refractivity contribution is -0.136. The van der Waals surface area contributed by atoms with Crippen LogP contribution in [0.15, 0.2) is 36.4 Å². The maximum Gasteiger partial charge on any atom is 0.384 e. The first-order valence-electron chi connectivity index (χ1n) is 6.94. The lowest BCUT2D eigenvalue weighted by Gasteiger charge is -1.97. The van der Waals surface area contributed by atoms with Gasteiger partial charge in [-0.25, -0.2) is 4.79 Å². The molecule has 0 spiro atoms. The molecule has 0 aliphatic rings. The number of esters is 1. The van der Waals surface area contributed by atoms with Crippen molar-refractivity contribution in [3.8, 4) is 24.2 Å². The number of hydrogen-bond donors (Lipinski definition) is 0. The van der Waals surface area contributed by atoms with E-state index in [1.807, 2.05) is 0 Å². The predicted octanol–water partition coefficient (Wildman–Crippen LogP) is 5.88. The Morgan fingerprint density at radius 1 is 0.960 bits per heavy atom. The van der Waals surface area contributed by atoms with E-state index in [4.69, 9.17) is 52.8 Å². The summed E-state index contributed by atoms with van der Waals surface area (Å²) in [7, 11) is 0. The van der Waals surface area contributed by atoms with Crippen LogP contribution in [-0.2, 0) is 9.53 Å². The first kappa shape index (κ1) is 21.2. The summed E-state index contributed by atoms with van der Waals surface area (Å²) in [4.78, 5) is 11.0. The molecule has 0 aliphatic carbocycles. The normalized spacial score (nSPS) is 8.96. The molecule has 128 valence electrons. The van der Waals surface area contributed by atoms with Gasteiger partial charge in [0.05, 0.1) is 37.8 Å². The molecule has 25 heavy (non-hydrogen) atoms. The van der Waals surface area contributed by atoms with Crippen LogP contribution in [0.25, 0.3) is 0 Å². The highest BCUT2D eigenvalue weighted by Crippen LogP contribution is 2.23. The quantitative estimate of drug-likeness (QED) is 0.430. The fourth-order valence-electron chi connectivity index (χ4n) is 1.53. The van der Waals surface area contributed by atoms with Crippen LogP contribution in [0.3, 0.4) is 0 Å². The summed E-state index contributed by atoms with van der Waals surface area (Å²) in [6.07, 6.45) is 5.13. The van der Waals surface area contributed by atoms with E-state index in [9.17, 15) is 4.79 Å². The molecule has 0 N–H and O–H groups in total. The van der Waals surface area contributed by atoms with Gasteiger partial charge in [-0.1, -0.05) is 70.4 Å². The van der Waals surface area contributed by atoms with Crippen molar-refractivity contribution >= 4 is 52.4 Å². The van der Waals surface area contributed by atoms with Gasteiger partial charge in [-0.05, 0) is 31.2 Å². The van der Waals surface area contributed by atoms with Crippen LogP contribution in [-0.4, -0.2) is 12.6 Å². The van der Waals surface area contributed by atoms with Crippen molar-refractivity contribution in [1.82, 2.24) is 0 Å². The third-order valence-electron chi connectivity index (χ3n) is 2.63. The number of ether oxygens (including phenoxy) is 1. The number of halogens is 4. The molecule has 0 saturated carbocycles. The summed E-state index contributed by atoms with van der Waals surface area (Å²) in [5, 5.41) is 1.88. The van der Waals surface area contributed by atoms with E-state index < -0.39 is 5.97 Å².